The number of hydrogen-bond acceptors (Lipinski definition) is 6. The van der Waals surface area contributed by atoms with Crippen LogP contribution in [0, 0.1) is 5.92 Å². The van der Waals surface area contributed by atoms with Crippen molar-refractivity contribution in [2.24, 2.45) is 5.92 Å². The number of carbonyl (C=O) groups excluding carboxylic acids is 2. The molecule has 0 bridgehead atoms. The largest absolute Gasteiger partial charge is 0.378 e. The number of rotatable bonds is 9. The second kappa shape index (κ2) is 11.6. The normalized spacial score (nSPS) is 12.5. The van der Waals surface area contributed by atoms with Gasteiger partial charge in [-0.1, -0.05) is 50.7 Å². The van der Waals surface area contributed by atoms with Crippen LogP contribution in [0.25, 0.3) is 10.6 Å². The van der Waals surface area contributed by atoms with E-state index in [2.05, 4.69) is 33.1 Å². The Balaban J connectivity index is 1.65. The summed E-state index contributed by atoms with van der Waals surface area (Å²) in [5, 5.41) is 17.9. The van der Waals surface area contributed by atoms with Crippen molar-refractivity contribution in [3.63, 3.8) is 0 Å². The van der Waals surface area contributed by atoms with Gasteiger partial charge in [-0.15, -0.1) is 10.2 Å². The third-order valence-corrected chi connectivity index (χ3v) is 6.58. The van der Waals surface area contributed by atoms with Crippen LogP contribution in [0.4, 0.5) is 21.3 Å². The molecule has 2 atom stereocenters. The van der Waals surface area contributed by atoms with Crippen molar-refractivity contribution in [2.75, 3.05) is 29.6 Å². The van der Waals surface area contributed by atoms with Gasteiger partial charge >= 0.3 is 6.03 Å². The number of nitrogens with zero attached hydrogens (tertiary/aromatic N) is 3. The summed E-state index contributed by atoms with van der Waals surface area (Å²) in [4.78, 5) is 27.6. The Kier molecular flexibility index (Phi) is 8.59. The molecular formula is C25H32N6O2S. The van der Waals surface area contributed by atoms with E-state index in [0.29, 0.717) is 15.8 Å². The van der Waals surface area contributed by atoms with Crippen LogP contribution in [0.5, 0.6) is 0 Å². The van der Waals surface area contributed by atoms with E-state index in [1.807, 2.05) is 81.4 Å². The highest BCUT2D eigenvalue weighted by molar-refractivity contribution is 7.18. The second-order valence-corrected chi connectivity index (χ2v) is 9.33. The zero-order valence-electron chi connectivity index (χ0n) is 20.3. The Labute approximate surface area is 204 Å². The minimum absolute atomic E-state index is 0.0702. The lowest BCUT2D eigenvalue weighted by Gasteiger charge is -2.23. The lowest BCUT2D eigenvalue weighted by molar-refractivity contribution is -0.119. The summed E-state index contributed by atoms with van der Waals surface area (Å²) in [6, 6.07) is 14.5. The Morgan fingerprint density at radius 2 is 1.65 bits per heavy atom. The number of benzene rings is 2. The van der Waals surface area contributed by atoms with E-state index >= 15 is 0 Å². The molecule has 3 aromatic rings. The molecule has 3 N–H and O–H groups in total. The van der Waals surface area contributed by atoms with Gasteiger partial charge in [-0.2, -0.15) is 0 Å². The van der Waals surface area contributed by atoms with Gasteiger partial charge in [0.15, 0.2) is 0 Å². The topological polar surface area (TPSA) is 99.2 Å². The number of amides is 3. The van der Waals surface area contributed by atoms with Crippen molar-refractivity contribution in [1.82, 2.24) is 15.5 Å². The molecule has 180 valence electrons. The first kappa shape index (κ1) is 25.2. The average molecular weight is 481 g/mol. The first-order valence-electron chi connectivity index (χ1n) is 11.4. The van der Waals surface area contributed by atoms with Crippen molar-refractivity contribution in [3.05, 3.63) is 54.1 Å². The molecule has 0 aliphatic heterocycles. The fourth-order valence-electron chi connectivity index (χ4n) is 3.31. The van der Waals surface area contributed by atoms with E-state index in [1.54, 1.807) is 0 Å². The summed E-state index contributed by atoms with van der Waals surface area (Å²) in [5.41, 5.74) is 3.87. The first-order chi connectivity index (χ1) is 16.3. The molecule has 2 unspecified atom stereocenters. The van der Waals surface area contributed by atoms with Gasteiger partial charge < -0.3 is 15.5 Å². The van der Waals surface area contributed by atoms with E-state index in [4.69, 9.17) is 0 Å². The Hall–Kier alpha value is -3.46. The predicted octanol–water partition coefficient (Wildman–Crippen LogP) is 5.01. The van der Waals surface area contributed by atoms with E-state index in [-0.39, 0.29) is 11.8 Å². The minimum atomic E-state index is -0.716. The molecule has 3 rings (SSSR count). The van der Waals surface area contributed by atoms with Gasteiger partial charge in [0, 0.05) is 31.0 Å². The van der Waals surface area contributed by atoms with E-state index < -0.39 is 12.1 Å². The summed E-state index contributed by atoms with van der Waals surface area (Å²) in [7, 11) is 3.97. The Bertz CT molecular complexity index is 1100. The van der Waals surface area contributed by atoms with Gasteiger partial charge in [0.1, 0.15) is 11.0 Å². The Morgan fingerprint density at radius 3 is 2.24 bits per heavy atom. The number of carbonyl (C=O) groups is 2. The quantitative estimate of drug-likeness (QED) is 0.400. The maximum atomic E-state index is 13.0. The fourth-order valence-corrected chi connectivity index (χ4v) is 4.06. The van der Waals surface area contributed by atoms with Gasteiger partial charge in [0.05, 0.1) is 0 Å². The second-order valence-electron chi connectivity index (χ2n) is 8.36. The summed E-state index contributed by atoms with van der Waals surface area (Å²) in [5.74, 6) is -0.393. The standard InChI is InChI=1S/C25H32N6O2S/c1-6-16(3)21(27-24(33)26-19-12-8-17(7-2)9-13-19)22(32)28-25-30-29-23(34-25)18-10-14-20(15-11-18)31(4)5/h8-16,21H,6-7H2,1-5H3,(H2,26,27,33)(H,28,30,32). The van der Waals surface area contributed by atoms with E-state index in [1.165, 1.54) is 16.9 Å². The number of urea groups is 1. The van der Waals surface area contributed by atoms with Gasteiger partial charge in [0.25, 0.3) is 0 Å². The molecule has 2 aromatic carbocycles. The van der Waals surface area contributed by atoms with Crippen molar-refractivity contribution < 1.29 is 9.59 Å². The number of nitrogens with one attached hydrogen (secondary N) is 3. The molecule has 3 amide bonds. The smallest absolute Gasteiger partial charge is 0.319 e. The minimum Gasteiger partial charge on any atom is -0.378 e. The third kappa shape index (κ3) is 6.54. The van der Waals surface area contributed by atoms with Crippen LogP contribution in [0.15, 0.2) is 48.5 Å². The molecule has 1 aromatic heterocycles. The summed E-state index contributed by atoms with van der Waals surface area (Å²) < 4.78 is 0. The van der Waals surface area contributed by atoms with Crippen molar-refractivity contribution in [2.45, 2.75) is 39.7 Å². The van der Waals surface area contributed by atoms with Crippen molar-refractivity contribution in [1.29, 1.82) is 0 Å². The molecule has 0 aliphatic carbocycles. The zero-order chi connectivity index (χ0) is 24.7. The fraction of sp³-hybridized carbons (Fsp3) is 0.360. The number of anilines is 3. The highest BCUT2D eigenvalue weighted by Gasteiger charge is 2.27. The summed E-state index contributed by atoms with van der Waals surface area (Å²) in [6.45, 7) is 5.99. The number of aryl methyl sites for hydroxylation is 1. The maximum Gasteiger partial charge on any atom is 0.319 e. The highest BCUT2D eigenvalue weighted by atomic mass is 32.1. The average Bonchev–Trinajstić information content (AvgIpc) is 3.31. The number of hydrogen-bond donors (Lipinski definition) is 3. The molecule has 0 saturated carbocycles. The first-order valence-corrected chi connectivity index (χ1v) is 12.2. The molecule has 0 radical (unpaired) electrons. The summed E-state index contributed by atoms with van der Waals surface area (Å²) in [6.07, 6.45) is 1.65. The van der Waals surface area contributed by atoms with Gasteiger partial charge in [-0.25, -0.2) is 4.79 Å². The monoisotopic (exact) mass is 480 g/mol. The molecule has 0 fully saturated rings. The van der Waals surface area contributed by atoms with E-state index in [9.17, 15) is 9.59 Å². The highest BCUT2D eigenvalue weighted by Crippen LogP contribution is 2.28. The molecule has 0 aliphatic rings. The van der Waals surface area contributed by atoms with E-state index in [0.717, 1.165) is 24.1 Å². The predicted molar refractivity (Wildman–Crippen MR) is 140 cm³/mol. The molecule has 1 heterocycles. The molecule has 0 saturated heterocycles. The van der Waals surface area contributed by atoms with Crippen LogP contribution in [0.2, 0.25) is 0 Å². The third-order valence-electron chi connectivity index (χ3n) is 5.69. The van der Waals surface area contributed by atoms with Gasteiger partial charge in [-0.3, -0.25) is 10.1 Å². The van der Waals surface area contributed by atoms with Gasteiger partial charge in [-0.05, 0) is 54.3 Å². The van der Waals surface area contributed by atoms with Crippen LogP contribution in [-0.2, 0) is 11.2 Å². The SMILES string of the molecule is CCc1ccc(NC(=O)NC(C(=O)Nc2nnc(-c3ccc(N(C)C)cc3)s2)C(C)CC)cc1. The van der Waals surface area contributed by atoms with Crippen LogP contribution < -0.4 is 20.9 Å². The molecule has 0 spiro atoms. The van der Waals surface area contributed by atoms with Crippen molar-refractivity contribution >= 4 is 39.8 Å². The van der Waals surface area contributed by atoms with Crippen LogP contribution >= 0.6 is 11.3 Å². The lowest BCUT2D eigenvalue weighted by Crippen LogP contribution is -2.49. The summed E-state index contributed by atoms with van der Waals surface area (Å²) >= 11 is 1.29. The molecule has 34 heavy (non-hydrogen) atoms. The lowest BCUT2D eigenvalue weighted by atomic mass is 9.98. The maximum absolute atomic E-state index is 13.0. The van der Waals surface area contributed by atoms with Crippen LogP contribution in [0.1, 0.15) is 32.8 Å². The van der Waals surface area contributed by atoms with Crippen molar-refractivity contribution in [3.8, 4) is 10.6 Å². The molecular weight excluding hydrogens is 448 g/mol. The Morgan fingerprint density at radius 1 is 0.971 bits per heavy atom. The number of aromatic nitrogens is 2. The molecule has 9 heteroatoms. The zero-order valence-corrected chi connectivity index (χ0v) is 21.1. The van der Waals surface area contributed by atoms with Gasteiger partial charge in [0.2, 0.25) is 11.0 Å². The van der Waals surface area contributed by atoms with Crippen LogP contribution in [0.3, 0.4) is 0 Å². The molecule has 8 nitrogen and oxygen atoms in total. The van der Waals surface area contributed by atoms with Crippen LogP contribution in [-0.4, -0.2) is 42.3 Å².